The Morgan fingerprint density at radius 2 is 2.07 bits per heavy atom. The Morgan fingerprint density at radius 3 is 2.70 bits per heavy atom. The summed E-state index contributed by atoms with van der Waals surface area (Å²) < 4.78 is 10.3. The summed E-state index contributed by atoms with van der Waals surface area (Å²) in [6.45, 7) is 9.94. The molecule has 0 atom stereocenters. The van der Waals surface area contributed by atoms with Crippen molar-refractivity contribution in [2.24, 2.45) is 0 Å². The van der Waals surface area contributed by atoms with Crippen LogP contribution in [-0.4, -0.2) is 46.6 Å². The molecule has 1 aromatic heterocycles. The van der Waals surface area contributed by atoms with E-state index in [4.69, 9.17) is 9.26 Å². The fourth-order valence-electron chi connectivity index (χ4n) is 2.30. The van der Waals surface area contributed by atoms with Gasteiger partial charge in [-0.2, -0.15) is 4.98 Å². The SMILES string of the molecule is C=C(C)CN(CC)C(=O)COC(=O)c1ccccc1SCc1nc(C)no1. The van der Waals surface area contributed by atoms with Gasteiger partial charge in [0.25, 0.3) is 5.91 Å². The summed E-state index contributed by atoms with van der Waals surface area (Å²) in [5, 5.41) is 3.74. The van der Waals surface area contributed by atoms with Crippen molar-refractivity contribution in [2.75, 3.05) is 19.7 Å². The number of thioether (sulfide) groups is 1. The van der Waals surface area contributed by atoms with Gasteiger partial charge in [-0.3, -0.25) is 4.79 Å². The topological polar surface area (TPSA) is 85.5 Å². The summed E-state index contributed by atoms with van der Waals surface area (Å²) in [7, 11) is 0. The first kappa shape index (κ1) is 20.7. The van der Waals surface area contributed by atoms with Crippen LogP contribution in [0.1, 0.15) is 35.9 Å². The van der Waals surface area contributed by atoms with Crippen molar-refractivity contribution in [3.63, 3.8) is 0 Å². The van der Waals surface area contributed by atoms with E-state index in [2.05, 4.69) is 16.7 Å². The van der Waals surface area contributed by atoms with Gasteiger partial charge in [0.15, 0.2) is 12.4 Å². The van der Waals surface area contributed by atoms with E-state index in [0.29, 0.717) is 36.1 Å². The minimum atomic E-state index is -0.542. The second-order valence-electron chi connectivity index (χ2n) is 5.96. The van der Waals surface area contributed by atoms with E-state index in [1.165, 1.54) is 11.8 Å². The van der Waals surface area contributed by atoms with Crippen LogP contribution in [-0.2, 0) is 15.3 Å². The smallest absolute Gasteiger partial charge is 0.339 e. The zero-order chi connectivity index (χ0) is 19.8. The molecule has 0 bridgehead atoms. The van der Waals surface area contributed by atoms with E-state index >= 15 is 0 Å². The number of nitrogens with zero attached hydrogens (tertiary/aromatic N) is 3. The van der Waals surface area contributed by atoms with Crippen LogP contribution in [0.15, 0.2) is 45.8 Å². The number of aryl methyl sites for hydroxylation is 1. The number of likely N-dealkylation sites (N-methyl/N-ethyl adjacent to an activating group) is 1. The van der Waals surface area contributed by atoms with E-state index in [1.807, 2.05) is 26.0 Å². The molecule has 0 fully saturated rings. The van der Waals surface area contributed by atoms with Crippen molar-refractivity contribution in [3.8, 4) is 0 Å². The Bertz CT molecular complexity index is 819. The summed E-state index contributed by atoms with van der Waals surface area (Å²) in [6.07, 6.45) is 0. The molecule has 1 aromatic carbocycles. The molecule has 8 heteroatoms. The summed E-state index contributed by atoms with van der Waals surface area (Å²) in [5.41, 5.74) is 1.27. The van der Waals surface area contributed by atoms with Gasteiger partial charge in [0.2, 0.25) is 5.89 Å². The van der Waals surface area contributed by atoms with Gasteiger partial charge in [-0.05, 0) is 32.9 Å². The van der Waals surface area contributed by atoms with Gasteiger partial charge in [0, 0.05) is 18.0 Å². The van der Waals surface area contributed by atoms with Crippen LogP contribution in [0.2, 0.25) is 0 Å². The number of esters is 1. The average molecular weight is 389 g/mol. The molecule has 7 nitrogen and oxygen atoms in total. The van der Waals surface area contributed by atoms with Crippen molar-refractivity contribution < 1.29 is 18.8 Å². The minimum absolute atomic E-state index is 0.250. The highest BCUT2D eigenvalue weighted by atomic mass is 32.2. The van der Waals surface area contributed by atoms with E-state index in [1.54, 1.807) is 24.0 Å². The Hall–Kier alpha value is -2.61. The van der Waals surface area contributed by atoms with Gasteiger partial charge in [0.1, 0.15) is 0 Å². The van der Waals surface area contributed by atoms with Crippen molar-refractivity contribution in [2.45, 2.75) is 31.4 Å². The van der Waals surface area contributed by atoms with E-state index < -0.39 is 5.97 Å². The van der Waals surface area contributed by atoms with Gasteiger partial charge in [-0.15, -0.1) is 11.8 Å². The molecule has 0 saturated carbocycles. The first-order valence-electron chi connectivity index (χ1n) is 8.51. The number of carbonyl (C=O) groups is 2. The maximum Gasteiger partial charge on any atom is 0.339 e. The van der Waals surface area contributed by atoms with Crippen LogP contribution in [0.5, 0.6) is 0 Å². The average Bonchev–Trinajstić information content (AvgIpc) is 3.07. The lowest BCUT2D eigenvalue weighted by Crippen LogP contribution is -2.35. The molecule has 0 aliphatic carbocycles. The molecule has 1 amide bonds. The standard InChI is InChI=1S/C19H23N3O4S/c1-5-22(10-13(2)3)18(23)11-25-19(24)15-8-6-7-9-16(15)27-12-17-20-14(4)21-26-17/h6-9H,2,5,10-12H2,1,3-4H3. The van der Waals surface area contributed by atoms with Crippen LogP contribution < -0.4 is 0 Å². The lowest BCUT2D eigenvalue weighted by molar-refractivity contribution is -0.133. The number of ether oxygens (including phenoxy) is 1. The lowest BCUT2D eigenvalue weighted by Gasteiger charge is -2.20. The largest absolute Gasteiger partial charge is 0.452 e. The van der Waals surface area contributed by atoms with Crippen molar-refractivity contribution in [1.29, 1.82) is 0 Å². The van der Waals surface area contributed by atoms with Crippen LogP contribution in [0.25, 0.3) is 0 Å². The first-order valence-corrected chi connectivity index (χ1v) is 9.49. The highest BCUT2D eigenvalue weighted by Gasteiger charge is 2.18. The third kappa shape index (κ3) is 6.25. The number of aromatic nitrogens is 2. The highest BCUT2D eigenvalue weighted by Crippen LogP contribution is 2.26. The van der Waals surface area contributed by atoms with E-state index in [-0.39, 0.29) is 12.5 Å². The fraction of sp³-hybridized carbons (Fsp3) is 0.368. The number of rotatable bonds is 9. The summed E-state index contributed by atoms with van der Waals surface area (Å²) in [5.74, 6) is 0.688. The summed E-state index contributed by atoms with van der Waals surface area (Å²) >= 11 is 1.39. The molecule has 2 aromatic rings. The molecule has 2 rings (SSSR count). The Morgan fingerprint density at radius 1 is 1.33 bits per heavy atom. The molecule has 144 valence electrons. The van der Waals surface area contributed by atoms with Gasteiger partial charge in [-0.25, -0.2) is 4.79 Å². The third-order valence-corrected chi connectivity index (χ3v) is 4.61. The van der Waals surface area contributed by atoms with Gasteiger partial charge in [0.05, 0.1) is 11.3 Å². The number of hydrogen-bond donors (Lipinski definition) is 0. The van der Waals surface area contributed by atoms with Crippen molar-refractivity contribution in [3.05, 3.63) is 53.7 Å². The van der Waals surface area contributed by atoms with Crippen LogP contribution in [0.3, 0.4) is 0 Å². The molecule has 0 unspecified atom stereocenters. The lowest BCUT2D eigenvalue weighted by atomic mass is 10.2. The van der Waals surface area contributed by atoms with Crippen LogP contribution >= 0.6 is 11.8 Å². The predicted molar refractivity (Wildman–Crippen MR) is 102 cm³/mol. The monoisotopic (exact) mass is 389 g/mol. The molecule has 0 radical (unpaired) electrons. The van der Waals surface area contributed by atoms with Gasteiger partial charge >= 0.3 is 5.97 Å². The summed E-state index contributed by atoms with van der Waals surface area (Å²) in [6, 6.07) is 7.05. The van der Waals surface area contributed by atoms with E-state index in [0.717, 1.165) is 10.5 Å². The molecular weight excluding hydrogens is 366 g/mol. The predicted octanol–water partition coefficient (Wildman–Crippen LogP) is 3.25. The Kier molecular flexibility index (Phi) is 7.60. The second-order valence-corrected chi connectivity index (χ2v) is 6.98. The zero-order valence-electron chi connectivity index (χ0n) is 15.7. The first-order chi connectivity index (χ1) is 12.9. The summed E-state index contributed by atoms with van der Waals surface area (Å²) in [4.78, 5) is 31.1. The number of amides is 1. The zero-order valence-corrected chi connectivity index (χ0v) is 16.5. The normalized spacial score (nSPS) is 10.5. The van der Waals surface area contributed by atoms with Crippen molar-refractivity contribution >= 4 is 23.6 Å². The molecule has 0 N–H and O–H groups in total. The third-order valence-electron chi connectivity index (χ3n) is 3.55. The van der Waals surface area contributed by atoms with Gasteiger partial charge in [-0.1, -0.05) is 29.4 Å². The van der Waals surface area contributed by atoms with Crippen LogP contribution in [0.4, 0.5) is 0 Å². The molecule has 0 spiro atoms. The van der Waals surface area contributed by atoms with E-state index in [9.17, 15) is 9.59 Å². The Labute approximate surface area is 162 Å². The molecule has 27 heavy (non-hydrogen) atoms. The highest BCUT2D eigenvalue weighted by molar-refractivity contribution is 7.98. The quantitative estimate of drug-likeness (QED) is 0.370. The molecular formula is C19H23N3O4S. The molecule has 0 aliphatic heterocycles. The van der Waals surface area contributed by atoms with Gasteiger partial charge < -0.3 is 14.2 Å². The number of hydrogen-bond acceptors (Lipinski definition) is 7. The Balaban J connectivity index is 1.97. The van der Waals surface area contributed by atoms with Crippen LogP contribution in [0, 0.1) is 6.92 Å². The molecule has 0 saturated heterocycles. The molecule has 0 aliphatic rings. The van der Waals surface area contributed by atoms with Crippen molar-refractivity contribution in [1.82, 2.24) is 15.0 Å². The molecule has 1 heterocycles. The fourth-order valence-corrected chi connectivity index (χ4v) is 3.18. The number of benzene rings is 1. The second kappa shape index (κ2) is 9.91. The maximum atomic E-state index is 12.4. The number of carbonyl (C=O) groups excluding carboxylic acids is 2. The maximum absolute atomic E-state index is 12.4. The minimum Gasteiger partial charge on any atom is -0.452 e.